The highest BCUT2D eigenvalue weighted by atomic mass is 35.5. The van der Waals surface area contributed by atoms with E-state index in [-0.39, 0.29) is 24.7 Å². The number of benzene rings is 1. The Balaban J connectivity index is 2.48. The molecule has 1 rings (SSSR count). The fourth-order valence-electron chi connectivity index (χ4n) is 1.48. The van der Waals surface area contributed by atoms with Gasteiger partial charge in [-0.3, -0.25) is 4.79 Å². The summed E-state index contributed by atoms with van der Waals surface area (Å²) in [6, 6.07) is 7.59. The van der Waals surface area contributed by atoms with Crippen LogP contribution in [0.5, 0.6) is 0 Å². The van der Waals surface area contributed by atoms with Gasteiger partial charge in [0.15, 0.2) is 0 Å². The molecule has 0 amide bonds. The molecular weight excluding hydrogens is 238 g/mol. The van der Waals surface area contributed by atoms with Crippen molar-refractivity contribution >= 4 is 17.6 Å². The average Bonchev–Trinajstić information content (AvgIpc) is 2.25. The number of carbonyl (C=O) groups is 1. The van der Waals surface area contributed by atoms with Crippen molar-refractivity contribution in [1.82, 2.24) is 5.32 Å². The van der Waals surface area contributed by atoms with Gasteiger partial charge < -0.3 is 10.1 Å². The first-order chi connectivity index (χ1) is 8.00. The molecule has 17 heavy (non-hydrogen) atoms. The van der Waals surface area contributed by atoms with Gasteiger partial charge in [0, 0.05) is 11.1 Å². The van der Waals surface area contributed by atoms with Gasteiger partial charge in [-0.2, -0.15) is 0 Å². The molecule has 0 saturated carbocycles. The monoisotopic (exact) mass is 255 g/mol. The molecule has 0 radical (unpaired) electrons. The van der Waals surface area contributed by atoms with Crippen molar-refractivity contribution in [2.24, 2.45) is 0 Å². The highest BCUT2D eigenvalue weighted by molar-refractivity contribution is 6.31. The minimum Gasteiger partial charge on any atom is -0.462 e. The van der Waals surface area contributed by atoms with Gasteiger partial charge in [0.25, 0.3) is 0 Å². The highest BCUT2D eigenvalue weighted by Crippen LogP contribution is 2.21. The van der Waals surface area contributed by atoms with Gasteiger partial charge in [-0.1, -0.05) is 29.8 Å². The van der Waals surface area contributed by atoms with Gasteiger partial charge in [-0.25, -0.2) is 0 Å². The largest absolute Gasteiger partial charge is 0.462 e. The van der Waals surface area contributed by atoms with Crippen LogP contribution in [0.2, 0.25) is 5.02 Å². The molecule has 1 aromatic rings. The van der Waals surface area contributed by atoms with Crippen LogP contribution in [0.3, 0.4) is 0 Å². The summed E-state index contributed by atoms with van der Waals surface area (Å²) in [5, 5.41) is 3.78. The zero-order valence-electron chi connectivity index (χ0n) is 10.4. The summed E-state index contributed by atoms with van der Waals surface area (Å²) in [7, 11) is 0. The van der Waals surface area contributed by atoms with E-state index in [4.69, 9.17) is 16.3 Å². The third-order valence-corrected chi connectivity index (χ3v) is 2.64. The maximum absolute atomic E-state index is 11.4. The first-order valence-corrected chi connectivity index (χ1v) is 6.05. The van der Waals surface area contributed by atoms with Crippen molar-refractivity contribution in [3.05, 3.63) is 34.9 Å². The number of rotatable bonds is 5. The molecule has 0 fully saturated rings. The van der Waals surface area contributed by atoms with Crippen molar-refractivity contribution in [3.8, 4) is 0 Å². The predicted octanol–water partition coefficient (Wildman–Crippen LogP) is 2.94. The van der Waals surface area contributed by atoms with Gasteiger partial charge >= 0.3 is 5.97 Å². The Bertz CT molecular complexity index is 379. The lowest BCUT2D eigenvalue weighted by atomic mass is 10.1. The second-order valence-corrected chi connectivity index (χ2v) is 4.57. The minimum absolute atomic E-state index is 0.0170. The molecule has 1 N–H and O–H groups in total. The maximum atomic E-state index is 11.4. The molecule has 1 unspecified atom stereocenters. The molecule has 0 aliphatic carbocycles. The smallest absolute Gasteiger partial charge is 0.320 e. The normalized spacial score (nSPS) is 12.5. The minimum atomic E-state index is -0.251. The Morgan fingerprint density at radius 2 is 2.00 bits per heavy atom. The van der Waals surface area contributed by atoms with Gasteiger partial charge in [-0.05, 0) is 32.4 Å². The Hall–Kier alpha value is -1.06. The number of carbonyl (C=O) groups excluding carboxylic acids is 1. The van der Waals surface area contributed by atoms with E-state index in [0.29, 0.717) is 5.02 Å². The van der Waals surface area contributed by atoms with Gasteiger partial charge in [0.1, 0.15) is 0 Å². The van der Waals surface area contributed by atoms with Crippen molar-refractivity contribution in [1.29, 1.82) is 0 Å². The first kappa shape index (κ1) is 14.0. The topological polar surface area (TPSA) is 38.3 Å². The zero-order chi connectivity index (χ0) is 12.8. The molecular formula is C13H18ClNO2. The van der Waals surface area contributed by atoms with E-state index in [1.807, 2.05) is 45.0 Å². The van der Waals surface area contributed by atoms with Crippen molar-refractivity contribution in [2.75, 3.05) is 6.54 Å². The fraction of sp³-hybridized carbons (Fsp3) is 0.462. The lowest BCUT2D eigenvalue weighted by Gasteiger charge is -2.15. The van der Waals surface area contributed by atoms with Crippen LogP contribution in [0.1, 0.15) is 32.4 Å². The quantitative estimate of drug-likeness (QED) is 0.822. The van der Waals surface area contributed by atoms with E-state index < -0.39 is 0 Å². The Kier molecular flexibility index (Phi) is 5.45. The summed E-state index contributed by atoms with van der Waals surface area (Å²) in [6.45, 7) is 5.80. The van der Waals surface area contributed by atoms with Crippen LogP contribution in [0.15, 0.2) is 24.3 Å². The molecule has 0 bridgehead atoms. The first-order valence-electron chi connectivity index (χ1n) is 5.68. The standard InChI is InChI=1S/C13H18ClNO2/c1-9(2)17-13(16)8-15-10(3)11-6-4-5-7-12(11)14/h4-7,9-10,15H,8H2,1-3H3. The van der Waals surface area contributed by atoms with Gasteiger partial charge in [-0.15, -0.1) is 0 Å². The molecule has 1 aromatic carbocycles. The summed E-state index contributed by atoms with van der Waals surface area (Å²) in [5.74, 6) is -0.251. The van der Waals surface area contributed by atoms with E-state index in [0.717, 1.165) is 5.56 Å². The highest BCUT2D eigenvalue weighted by Gasteiger charge is 2.11. The number of nitrogens with one attached hydrogen (secondary N) is 1. The third kappa shape index (κ3) is 4.75. The third-order valence-electron chi connectivity index (χ3n) is 2.29. The van der Waals surface area contributed by atoms with Crippen molar-refractivity contribution < 1.29 is 9.53 Å². The van der Waals surface area contributed by atoms with Gasteiger partial charge in [0.05, 0.1) is 12.6 Å². The van der Waals surface area contributed by atoms with E-state index in [2.05, 4.69) is 5.32 Å². The van der Waals surface area contributed by atoms with Crippen LogP contribution in [-0.4, -0.2) is 18.6 Å². The van der Waals surface area contributed by atoms with E-state index in [1.165, 1.54) is 0 Å². The van der Waals surface area contributed by atoms with E-state index in [1.54, 1.807) is 0 Å². The summed E-state index contributed by atoms with van der Waals surface area (Å²) in [5.41, 5.74) is 0.978. The van der Waals surface area contributed by atoms with Gasteiger partial charge in [0.2, 0.25) is 0 Å². The molecule has 0 aromatic heterocycles. The van der Waals surface area contributed by atoms with Crippen molar-refractivity contribution in [2.45, 2.75) is 32.9 Å². The number of hydrogen-bond donors (Lipinski definition) is 1. The number of hydrogen-bond acceptors (Lipinski definition) is 3. The van der Waals surface area contributed by atoms with E-state index >= 15 is 0 Å². The molecule has 0 heterocycles. The fourth-order valence-corrected chi connectivity index (χ4v) is 1.78. The van der Waals surface area contributed by atoms with E-state index in [9.17, 15) is 4.79 Å². The number of ether oxygens (including phenoxy) is 1. The molecule has 1 atom stereocenters. The second-order valence-electron chi connectivity index (χ2n) is 4.16. The lowest BCUT2D eigenvalue weighted by molar-refractivity contribution is -0.146. The molecule has 3 nitrogen and oxygen atoms in total. The lowest BCUT2D eigenvalue weighted by Crippen LogP contribution is -2.28. The SMILES string of the molecule is CC(C)OC(=O)CNC(C)c1ccccc1Cl. The molecule has 4 heteroatoms. The Morgan fingerprint density at radius 3 is 2.59 bits per heavy atom. The van der Waals surface area contributed by atoms with Crippen LogP contribution >= 0.6 is 11.6 Å². The average molecular weight is 256 g/mol. The maximum Gasteiger partial charge on any atom is 0.320 e. The summed E-state index contributed by atoms with van der Waals surface area (Å²) < 4.78 is 5.03. The van der Waals surface area contributed by atoms with Crippen LogP contribution in [0, 0.1) is 0 Å². The Labute approximate surface area is 107 Å². The second kappa shape index (κ2) is 6.62. The molecule has 0 spiro atoms. The molecule has 94 valence electrons. The predicted molar refractivity (Wildman–Crippen MR) is 69.1 cm³/mol. The van der Waals surface area contributed by atoms with Crippen LogP contribution in [0.4, 0.5) is 0 Å². The Morgan fingerprint density at radius 1 is 1.35 bits per heavy atom. The zero-order valence-corrected chi connectivity index (χ0v) is 11.1. The van der Waals surface area contributed by atoms with Crippen LogP contribution in [-0.2, 0) is 9.53 Å². The van der Waals surface area contributed by atoms with Crippen molar-refractivity contribution in [3.63, 3.8) is 0 Å². The summed E-state index contributed by atoms with van der Waals surface area (Å²) in [4.78, 5) is 11.4. The summed E-state index contributed by atoms with van der Waals surface area (Å²) >= 11 is 6.06. The molecule has 0 aliphatic heterocycles. The summed E-state index contributed by atoms with van der Waals surface area (Å²) in [6.07, 6.45) is -0.0834. The molecule has 0 aliphatic rings. The number of esters is 1. The number of halogens is 1. The van der Waals surface area contributed by atoms with Crippen LogP contribution < -0.4 is 5.32 Å². The molecule has 0 saturated heterocycles. The van der Waals surface area contributed by atoms with Crippen LogP contribution in [0.25, 0.3) is 0 Å².